The Bertz CT molecular complexity index is 1270. The third-order valence-corrected chi connectivity index (χ3v) is 4.90. The van der Waals surface area contributed by atoms with Gasteiger partial charge in [0.15, 0.2) is 0 Å². The molecule has 0 radical (unpaired) electrons. The summed E-state index contributed by atoms with van der Waals surface area (Å²) in [7, 11) is 1.28. The molecule has 0 fully saturated rings. The number of carbonyl (C=O) groups is 2. The molecular formula is C22H16ClN3O4. The predicted octanol–water partition coefficient (Wildman–Crippen LogP) is 4.89. The predicted molar refractivity (Wildman–Crippen MR) is 113 cm³/mol. The van der Waals surface area contributed by atoms with Crippen molar-refractivity contribution in [2.45, 2.75) is 6.92 Å². The van der Waals surface area contributed by atoms with Crippen LogP contribution in [0.1, 0.15) is 26.4 Å². The molecule has 0 aliphatic carbocycles. The zero-order valence-electron chi connectivity index (χ0n) is 16.1. The van der Waals surface area contributed by atoms with E-state index in [9.17, 15) is 9.59 Å². The second kappa shape index (κ2) is 7.96. The van der Waals surface area contributed by atoms with Gasteiger partial charge in [0.05, 0.1) is 45.7 Å². The molecule has 1 amide bonds. The SMILES string of the molecule is COC(=O)c1ccc(Cl)c(NC(=O)c2cc(-c3ccccc3)nc3onc(C)c23)c1. The number of carbonyl (C=O) groups excluding carboxylic acids is 2. The summed E-state index contributed by atoms with van der Waals surface area (Å²) in [5.74, 6) is -0.968. The summed E-state index contributed by atoms with van der Waals surface area (Å²) < 4.78 is 10.0. The second-order valence-corrected chi connectivity index (χ2v) is 6.92. The first-order chi connectivity index (χ1) is 14.5. The summed E-state index contributed by atoms with van der Waals surface area (Å²) in [6, 6.07) is 15.6. The molecular weight excluding hydrogens is 406 g/mol. The number of halogens is 1. The monoisotopic (exact) mass is 421 g/mol. The minimum Gasteiger partial charge on any atom is -0.465 e. The molecule has 0 aliphatic heterocycles. The van der Waals surface area contributed by atoms with Crippen LogP contribution in [0.25, 0.3) is 22.4 Å². The number of esters is 1. The highest BCUT2D eigenvalue weighted by Gasteiger charge is 2.20. The molecule has 150 valence electrons. The summed E-state index contributed by atoms with van der Waals surface area (Å²) >= 11 is 6.22. The lowest BCUT2D eigenvalue weighted by Crippen LogP contribution is -2.14. The van der Waals surface area contributed by atoms with Crippen molar-refractivity contribution in [2.24, 2.45) is 0 Å². The van der Waals surface area contributed by atoms with Gasteiger partial charge in [-0.25, -0.2) is 9.78 Å². The number of methoxy groups -OCH3 is 1. The first-order valence-corrected chi connectivity index (χ1v) is 9.37. The first kappa shape index (κ1) is 19.6. The maximum absolute atomic E-state index is 13.2. The van der Waals surface area contributed by atoms with E-state index in [-0.39, 0.29) is 22.0 Å². The Hall–Kier alpha value is -3.71. The largest absolute Gasteiger partial charge is 0.465 e. The molecule has 2 aromatic carbocycles. The topological polar surface area (TPSA) is 94.3 Å². The number of benzene rings is 2. The molecule has 0 saturated carbocycles. The molecule has 0 aliphatic rings. The van der Waals surface area contributed by atoms with E-state index in [1.165, 1.54) is 25.3 Å². The average Bonchev–Trinajstić information content (AvgIpc) is 3.15. The highest BCUT2D eigenvalue weighted by molar-refractivity contribution is 6.34. The van der Waals surface area contributed by atoms with Crippen molar-refractivity contribution >= 4 is 40.3 Å². The highest BCUT2D eigenvalue weighted by atomic mass is 35.5. The summed E-state index contributed by atoms with van der Waals surface area (Å²) in [6.45, 7) is 1.73. The van der Waals surface area contributed by atoms with Gasteiger partial charge in [-0.2, -0.15) is 0 Å². The van der Waals surface area contributed by atoms with Crippen molar-refractivity contribution in [3.63, 3.8) is 0 Å². The van der Waals surface area contributed by atoms with Gasteiger partial charge in [0.2, 0.25) is 0 Å². The quantitative estimate of drug-likeness (QED) is 0.471. The van der Waals surface area contributed by atoms with Crippen LogP contribution in [0.4, 0.5) is 5.69 Å². The molecule has 7 nitrogen and oxygen atoms in total. The summed E-state index contributed by atoms with van der Waals surface area (Å²) in [5, 5.41) is 7.49. The molecule has 8 heteroatoms. The Morgan fingerprint density at radius 3 is 2.60 bits per heavy atom. The molecule has 2 heterocycles. The number of amides is 1. The molecule has 30 heavy (non-hydrogen) atoms. The molecule has 0 bridgehead atoms. The Kier molecular flexibility index (Phi) is 5.20. The van der Waals surface area contributed by atoms with Crippen LogP contribution < -0.4 is 5.32 Å². The second-order valence-electron chi connectivity index (χ2n) is 6.51. The van der Waals surface area contributed by atoms with E-state index < -0.39 is 11.9 Å². The molecule has 4 rings (SSSR count). The number of hydrogen-bond donors (Lipinski definition) is 1. The lowest BCUT2D eigenvalue weighted by molar-refractivity contribution is 0.0600. The Labute approximate surface area is 176 Å². The van der Waals surface area contributed by atoms with Gasteiger partial charge in [0.1, 0.15) is 0 Å². The summed E-state index contributed by atoms with van der Waals surface area (Å²) in [6.07, 6.45) is 0. The number of rotatable bonds is 4. The van der Waals surface area contributed by atoms with Gasteiger partial charge in [-0.05, 0) is 31.2 Å². The minimum atomic E-state index is -0.533. The van der Waals surface area contributed by atoms with Crippen LogP contribution in [0.15, 0.2) is 59.1 Å². The molecule has 0 saturated heterocycles. The van der Waals surface area contributed by atoms with Crippen LogP contribution in [0.5, 0.6) is 0 Å². The van der Waals surface area contributed by atoms with E-state index in [0.717, 1.165) is 5.56 Å². The smallest absolute Gasteiger partial charge is 0.337 e. The van der Waals surface area contributed by atoms with Crippen molar-refractivity contribution < 1.29 is 18.8 Å². The zero-order valence-corrected chi connectivity index (χ0v) is 16.9. The van der Waals surface area contributed by atoms with Crippen molar-refractivity contribution in [3.05, 3.63) is 76.4 Å². The van der Waals surface area contributed by atoms with Gasteiger partial charge in [0.25, 0.3) is 11.6 Å². The van der Waals surface area contributed by atoms with E-state index in [4.69, 9.17) is 20.9 Å². The first-order valence-electron chi connectivity index (χ1n) is 8.99. The van der Waals surface area contributed by atoms with E-state index in [1.807, 2.05) is 30.3 Å². The Morgan fingerprint density at radius 1 is 1.10 bits per heavy atom. The number of nitrogens with zero attached hydrogens (tertiary/aromatic N) is 2. The van der Waals surface area contributed by atoms with Crippen LogP contribution in [0.2, 0.25) is 5.02 Å². The minimum absolute atomic E-state index is 0.258. The summed E-state index contributed by atoms with van der Waals surface area (Å²) in [4.78, 5) is 29.5. The Balaban J connectivity index is 1.78. The number of ether oxygens (including phenoxy) is 1. The number of hydrogen-bond acceptors (Lipinski definition) is 6. The van der Waals surface area contributed by atoms with Gasteiger partial charge in [-0.15, -0.1) is 0 Å². The van der Waals surface area contributed by atoms with Crippen LogP contribution in [0, 0.1) is 6.92 Å². The molecule has 1 N–H and O–H groups in total. The maximum atomic E-state index is 13.2. The van der Waals surface area contributed by atoms with Crippen LogP contribution >= 0.6 is 11.6 Å². The van der Waals surface area contributed by atoms with Crippen LogP contribution in [-0.4, -0.2) is 29.1 Å². The normalized spacial score (nSPS) is 10.8. The number of aryl methyl sites for hydroxylation is 1. The van der Waals surface area contributed by atoms with Gasteiger partial charge in [0, 0.05) is 5.56 Å². The number of anilines is 1. The average molecular weight is 422 g/mol. The number of nitrogens with one attached hydrogen (secondary N) is 1. The van der Waals surface area contributed by atoms with E-state index >= 15 is 0 Å². The standard InChI is InChI=1S/C22H16ClN3O4/c1-12-19-15(11-17(25-21(19)30-26-12)13-6-4-3-5-7-13)20(27)24-18-10-14(22(28)29-2)8-9-16(18)23/h3-11H,1-2H3,(H,24,27). The lowest BCUT2D eigenvalue weighted by Gasteiger charge is -2.11. The van der Waals surface area contributed by atoms with Gasteiger partial charge in [-0.3, -0.25) is 4.79 Å². The van der Waals surface area contributed by atoms with Crippen molar-refractivity contribution in [3.8, 4) is 11.3 Å². The van der Waals surface area contributed by atoms with E-state index in [2.05, 4.69) is 15.5 Å². The molecule has 4 aromatic rings. The molecule has 0 spiro atoms. The number of aromatic nitrogens is 2. The van der Waals surface area contributed by atoms with Crippen molar-refractivity contribution in [2.75, 3.05) is 12.4 Å². The maximum Gasteiger partial charge on any atom is 0.337 e. The Morgan fingerprint density at radius 2 is 1.87 bits per heavy atom. The fourth-order valence-corrected chi connectivity index (χ4v) is 3.25. The van der Waals surface area contributed by atoms with Crippen LogP contribution in [0.3, 0.4) is 0 Å². The molecule has 2 aromatic heterocycles. The fourth-order valence-electron chi connectivity index (χ4n) is 3.09. The fraction of sp³-hybridized carbons (Fsp3) is 0.0909. The highest BCUT2D eigenvalue weighted by Crippen LogP contribution is 2.29. The van der Waals surface area contributed by atoms with E-state index in [0.29, 0.717) is 22.3 Å². The van der Waals surface area contributed by atoms with Crippen LogP contribution in [-0.2, 0) is 4.74 Å². The van der Waals surface area contributed by atoms with Crippen molar-refractivity contribution in [1.29, 1.82) is 0 Å². The van der Waals surface area contributed by atoms with Gasteiger partial charge in [-0.1, -0.05) is 47.1 Å². The molecule has 0 atom stereocenters. The summed E-state index contributed by atoms with van der Waals surface area (Å²) in [5.41, 5.74) is 3.07. The third-order valence-electron chi connectivity index (χ3n) is 4.57. The zero-order chi connectivity index (χ0) is 21.3. The molecule has 0 unspecified atom stereocenters. The number of pyridine rings is 1. The van der Waals surface area contributed by atoms with E-state index in [1.54, 1.807) is 13.0 Å². The number of fused-ring (bicyclic) bond motifs is 1. The van der Waals surface area contributed by atoms with Gasteiger partial charge < -0.3 is 14.6 Å². The lowest BCUT2D eigenvalue weighted by atomic mass is 10.0. The van der Waals surface area contributed by atoms with Gasteiger partial charge >= 0.3 is 5.97 Å². The third kappa shape index (κ3) is 3.62. The van der Waals surface area contributed by atoms with Crippen molar-refractivity contribution in [1.82, 2.24) is 10.1 Å².